The van der Waals surface area contributed by atoms with E-state index in [0.717, 1.165) is 34.6 Å². The molecule has 1 aliphatic heterocycles. The molecule has 0 bridgehead atoms. The molecule has 0 unspecified atom stereocenters. The van der Waals surface area contributed by atoms with Gasteiger partial charge in [-0.25, -0.2) is 4.79 Å². The quantitative estimate of drug-likeness (QED) is 0.371. The zero-order chi connectivity index (χ0) is 22.1. The number of aromatic nitrogens is 1. The lowest BCUT2D eigenvalue weighted by molar-refractivity contribution is 0.194. The van der Waals surface area contributed by atoms with Gasteiger partial charge in [-0.15, -0.1) is 0 Å². The van der Waals surface area contributed by atoms with Crippen LogP contribution in [-0.2, 0) is 13.0 Å². The molecule has 0 saturated carbocycles. The van der Waals surface area contributed by atoms with Gasteiger partial charge >= 0.3 is 6.03 Å². The summed E-state index contributed by atoms with van der Waals surface area (Å²) >= 11 is 6.35. The SMILES string of the molecule is CCc1ccc(NC(=O)N2Cc3ccccc3-n3cccc3[C@@H]2c2cccc(Cl)c2)cc1. The number of fused-ring (bicyclic) bond motifs is 3. The molecular weight excluding hydrogens is 418 g/mol. The van der Waals surface area contributed by atoms with Gasteiger partial charge in [-0.05, 0) is 65.6 Å². The molecule has 0 saturated heterocycles. The van der Waals surface area contributed by atoms with Crippen LogP contribution >= 0.6 is 11.6 Å². The highest BCUT2D eigenvalue weighted by molar-refractivity contribution is 6.30. The summed E-state index contributed by atoms with van der Waals surface area (Å²) in [6.45, 7) is 2.60. The molecule has 5 rings (SSSR count). The second-order valence-electron chi connectivity index (χ2n) is 8.00. The summed E-state index contributed by atoms with van der Waals surface area (Å²) in [5, 5.41) is 3.75. The van der Waals surface area contributed by atoms with Gasteiger partial charge in [0.15, 0.2) is 0 Å². The van der Waals surface area contributed by atoms with E-state index in [9.17, 15) is 4.79 Å². The Morgan fingerprint density at radius 3 is 2.59 bits per heavy atom. The monoisotopic (exact) mass is 441 g/mol. The number of para-hydroxylation sites is 1. The number of amides is 2. The van der Waals surface area contributed by atoms with Crippen molar-refractivity contribution >= 4 is 23.3 Å². The first kappa shape index (κ1) is 20.4. The molecule has 4 nitrogen and oxygen atoms in total. The zero-order valence-electron chi connectivity index (χ0n) is 17.8. The van der Waals surface area contributed by atoms with E-state index in [1.807, 2.05) is 71.6 Å². The molecule has 0 radical (unpaired) electrons. The van der Waals surface area contributed by atoms with Crippen LogP contribution in [-0.4, -0.2) is 15.5 Å². The van der Waals surface area contributed by atoms with Crippen molar-refractivity contribution in [2.24, 2.45) is 0 Å². The van der Waals surface area contributed by atoms with E-state index in [2.05, 4.69) is 41.2 Å². The van der Waals surface area contributed by atoms with Crippen molar-refractivity contribution in [2.45, 2.75) is 25.9 Å². The number of nitrogens with one attached hydrogen (secondary N) is 1. The molecule has 1 aliphatic rings. The van der Waals surface area contributed by atoms with E-state index >= 15 is 0 Å². The number of urea groups is 1. The van der Waals surface area contributed by atoms with Crippen molar-refractivity contribution in [2.75, 3.05) is 5.32 Å². The first-order valence-electron chi connectivity index (χ1n) is 10.8. The van der Waals surface area contributed by atoms with Crippen LogP contribution in [0.1, 0.15) is 35.3 Å². The van der Waals surface area contributed by atoms with Crippen LogP contribution in [0.2, 0.25) is 5.02 Å². The number of rotatable bonds is 3. The highest BCUT2D eigenvalue weighted by Gasteiger charge is 2.33. The number of benzene rings is 3. The van der Waals surface area contributed by atoms with Gasteiger partial charge in [0.1, 0.15) is 0 Å². The van der Waals surface area contributed by atoms with E-state index < -0.39 is 0 Å². The van der Waals surface area contributed by atoms with Gasteiger partial charge in [-0.3, -0.25) is 0 Å². The predicted octanol–water partition coefficient (Wildman–Crippen LogP) is 6.83. The highest BCUT2D eigenvalue weighted by Crippen LogP contribution is 2.37. The van der Waals surface area contributed by atoms with Gasteiger partial charge in [0.25, 0.3) is 0 Å². The molecule has 2 amide bonds. The first-order chi connectivity index (χ1) is 15.6. The molecule has 1 aromatic heterocycles. The molecule has 0 aliphatic carbocycles. The molecule has 1 N–H and O–H groups in total. The number of nitrogens with zero attached hydrogens (tertiary/aromatic N) is 2. The van der Waals surface area contributed by atoms with Crippen molar-refractivity contribution in [3.8, 4) is 5.69 Å². The van der Waals surface area contributed by atoms with E-state index in [-0.39, 0.29) is 12.1 Å². The smallest absolute Gasteiger partial charge is 0.318 e. The van der Waals surface area contributed by atoms with E-state index in [0.29, 0.717) is 11.6 Å². The molecule has 32 heavy (non-hydrogen) atoms. The van der Waals surface area contributed by atoms with Crippen molar-refractivity contribution in [3.05, 3.63) is 119 Å². The van der Waals surface area contributed by atoms with Gasteiger partial charge in [0, 0.05) is 22.6 Å². The standard InChI is InChI=1S/C27H24ClN3O/c1-2-19-12-14-23(15-13-19)29-27(32)31-18-21-7-3-4-10-24(21)30-16-6-11-25(30)26(31)20-8-5-9-22(28)17-20/h3-17,26H,2,18H2,1H3,(H,29,32)/t26-/m0/s1. The van der Waals surface area contributed by atoms with E-state index in [1.165, 1.54) is 5.56 Å². The van der Waals surface area contributed by atoms with Gasteiger partial charge in [-0.2, -0.15) is 0 Å². The number of halogens is 1. The summed E-state index contributed by atoms with van der Waals surface area (Å²) in [6.07, 6.45) is 3.02. The Morgan fingerprint density at radius 1 is 1.00 bits per heavy atom. The Bertz CT molecular complexity index is 1260. The minimum Gasteiger partial charge on any atom is -0.318 e. The van der Waals surface area contributed by atoms with Crippen LogP contribution in [0.5, 0.6) is 0 Å². The molecule has 0 fully saturated rings. The average Bonchev–Trinajstić information content (AvgIpc) is 3.23. The van der Waals surface area contributed by atoms with Crippen LogP contribution in [0.3, 0.4) is 0 Å². The summed E-state index contributed by atoms with van der Waals surface area (Å²) < 4.78 is 2.17. The Labute approximate surface area is 193 Å². The maximum absolute atomic E-state index is 13.7. The molecule has 2 heterocycles. The third-order valence-corrected chi connectivity index (χ3v) is 6.24. The lowest BCUT2D eigenvalue weighted by Crippen LogP contribution is -2.37. The fraction of sp³-hybridized carbons (Fsp3) is 0.148. The maximum Gasteiger partial charge on any atom is 0.322 e. The van der Waals surface area contributed by atoms with Crippen LogP contribution in [0.15, 0.2) is 91.1 Å². The molecule has 5 heteroatoms. The molecule has 0 spiro atoms. The van der Waals surface area contributed by atoms with Crippen LogP contribution in [0, 0.1) is 0 Å². The normalized spacial score (nSPS) is 14.9. The summed E-state index contributed by atoms with van der Waals surface area (Å²) in [7, 11) is 0. The zero-order valence-corrected chi connectivity index (χ0v) is 18.6. The topological polar surface area (TPSA) is 37.3 Å². The van der Waals surface area contributed by atoms with Crippen LogP contribution in [0.4, 0.5) is 10.5 Å². The van der Waals surface area contributed by atoms with E-state index in [1.54, 1.807) is 0 Å². The summed E-state index contributed by atoms with van der Waals surface area (Å²) in [5.41, 5.74) is 6.19. The molecule has 3 aromatic carbocycles. The Hall–Kier alpha value is -3.50. The number of anilines is 1. The van der Waals surface area contributed by atoms with Crippen LogP contribution < -0.4 is 5.32 Å². The number of carbonyl (C=O) groups excluding carboxylic acids is 1. The molecule has 1 atom stereocenters. The third-order valence-electron chi connectivity index (χ3n) is 6.00. The summed E-state index contributed by atoms with van der Waals surface area (Å²) in [4.78, 5) is 15.5. The minimum atomic E-state index is -0.286. The van der Waals surface area contributed by atoms with Crippen molar-refractivity contribution < 1.29 is 4.79 Å². The number of carbonyl (C=O) groups is 1. The Morgan fingerprint density at radius 2 is 1.81 bits per heavy atom. The first-order valence-corrected chi connectivity index (χ1v) is 11.2. The third kappa shape index (κ3) is 3.78. The number of hydrogen-bond donors (Lipinski definition) is 1. The van der Waals surface area contributed by atoms with Gasteiger partial charge in [-0.1, -0.05) is 61.0 Å². The van der Waals surface area contributed by atoms with Gasteiger partial charge < -0.3 is 14.8 Å². The molecular formula is C27H24ClN3O. The Balaban J connectivity index is 1.60. The van der Waals surface area contributed by atoms with E-state index in [4.69, 9.17) is 11.6 Å². The van der Waals surface area contributed by atoms with Gasteiger partial charge in [0.2, 0.25) is 0 Å². The molecule has 160 valence electrons. The lowest BCUT2D eigenvalue weighted by Gasteiger charge is -2.31. The predicted molar refractivity (Wildman–Crippen MR) is 129 cm³/mol. The minimum absolute atomic E-state index is 0.149. The summed E-state index contributed by atoms with van der Waals surface area (Å²) in [6, 6.07) is 27.7. The van der Waals surface area contributed by atoms with Gasteiger partial charge in [0.05, 0.1) is 18.3 Å². The highest BCUT2D eigenvalue weighted by atomic mass is 35.5. The number of aryl methyl sites for hydroxylation is 1. The largest absolute Gasteiger partial charge is 0.322 e. The van der Waals surface area contributed by atoms with Crippen LogP contribution in [0.25, 0.3) is 5.69 Å². The maximum atomic E-state index is 13.7. The summed E-state index contributed by atoms with van der Waals surface area (Å²) in [5.74, 6) is 0. The number of hydrogen-bond acceptors (Lipinski definition) is 1. The fourth-order valence-electron chi connectivity index (χ4n) is 4.39. The average molecular weight is 442 g/mol. The fourth-order valence-corrected chi connectivity index (χ4v) is 4.58. The Kier molecular flexibility index (Phi) is 5.46. The molecule has 4 aromatic rings. The lowest BCUT2D eigenvalue weighted by atomic mass is 10.0. The van der Waals surface area contributed by atoms with Crippen molar-refractivity contribution in [1.82, 2.24) is 9.47 Å². The second kappa shape index (κ2) is 8.56. The van der Waals surface area contributed by atoms with Crippen molar-refractivity contribution in [1.29, 1.82) is 0 Å². The second-order valence-corrected chi connectivity index (χ2v) is 8.43. The van der Waals surface area contributed by atoms with Crippen molar-refractivity contribution in [3.63, 3.8) is 0 Å².